The van der Waals surface area contributed by atoms with E-state index in [1.165, 1.54) is 19.2 Å². The summed E-state index contributed by atoms with van der Waals surface area (Å²) in [7, 11) is 1.35. The summed E-state index contributed by atoms with van der Waals surface area (Å²) in [4.78, 5) is 21.9. The molecule has 0 spiro atoms. The van der Waals surface area contributed by atoms with Crippen molar-refractivity contribution in [3.63, 3.8) is 0 Å². The van der Waals surface area contributed by atoms with Crippen LogP contribution in [0.3, 0.4) is 0 Å². The number of ether oxygens (including phenoxy) is 2. The summed E-state index contributed by atoms with van der Waals surface area (Å²) in [6, 6.07) is 2.91. The molecular weight excluding hydrogens is 318 g/mol. The highest BCUT2D eigenvalue weighted by Crippen LogP contribution is 2.31. The Morgan fingerprint density at radius 1 is 1.42 bits per heavy atom. The van der Waals surface area contributed by atoms with Crippen LogP contribution in [0.25, 0.3) is 0 Å². The number of nitrogens with zero attached hydrogens (tertiary/aromatic N) is 1. The lowest BCUT2D eigenvalue weighted by Gasteiger charge is -2.10. The van der Waals surface area contributed by atoms with Gasteiger partial charge in [0.2, 0.25) is 0 Å². The van der Waals surface area contributed by atoms with Gasteiger partial charge in [-0.05, 0) is 24.1 Å². The van der Waals surface area contributed by atoms with Gasteiger partial charge in [-0.25, -0.2) is 0 Å². The number of carbonyl (C=O) groups excluding carboxylic acids is 1. The normalized spacial score (nSPS) is 10.1. The maximum atomic E-state index is 11.5. The standard InChI is InChI=1S/C12H14BrNO5/c1-3-19-12(15)6-8-5-11(18-2)10(14(16)17)4-9(8)7-13/h4-5H,3,6-7H2,1-2H3. The van der Waals surface area contributed by atoms with Gasteiger partial charge < -0.3 is 9.47 Å². The number of nitro groups is 1. The van der Waals surface area contributed by atoms with Crippen molar-refractivity contribution in [2.24, 2.45) is 0 Å². The third-order valence-electron chi connectivity index (χ3n) is 2.48. The molecule has 0 aliphatic rings. The van der Waals surface area contributed by atoms with Crippen LogP contribution in [0.5, 0.6) is 5.75 Å². The first-order valence-corrected chi connectivity index (χ1v) is 6.71. The number of hydrogen-bond donors (Lipinski definition) is 0. The number of esters is 1. The first kappa shape index (κ1) is 15.4. The van der Waals surface area contributed by atoms with Crippen LogP contribution in [0, 0.1) is 10.1 Å². The first-order valence-electron chi connectivity index (χ1n) is 5.59. The van der Waals surface area contributed by atoms with Crippen molar-refractivity contribution in [1.82, 2.24) is 0 Å². The van der Waals surface area contributed by atoms with Crippen LogP contribution in [0.4, 0.5) is 5.69 Å². The number of rotatable bonds is 6. The molecule has 0 saturated heterocycles. The fourth-order valence-electron chi connectivity index (χ4n) is 1.62. The molecule has 0 N–H and O–H groups in total. The largest absolute Gasteiger partial charge is 0.490 e. The van der Waals surface area contributed by atoms with Gasteiger partial charge in [-0.2, -0.15) is 0 Å². The lowest BCUT2D eigenvalue weighted by molar-refractivity contribution is -0.385. The molecule has 0 atom stereocenters. The Morgan fingerprint density at radius 3 is 2.58 bits per heavy atom. The number of carbonyl (C=O) groups is 1. The Morgan fingerprint density at radius 2 is 2.11 bits per heavy atom. The molecule has 1 aromatic carbocycles. The average Bonchev–Trinajstić information content (AvgIpc) is 2.38. The van der Waals surface area contributed by atoms with Gasteiger partial charge in [-0.15, -0.1) is 0 Å². The van der Waals surface area contributed by atoms with E-state index < -0.39 is 4.92 Å². The van der Waals surface area contributed by atoms with Crippen LogP contribution in [0.15, 0.2) is 12.1 Å². The van der Waals surface area contributed by atoms with Crippen molar-refractivity contribution in [2.45, 2.75) is 18.7 Å². The fraction of sp³-hybridized carbons (Fsp3) is 0.417. The first-order chi connectivity index (χ1) is 9.03. The monoisotopic (exact) mass is 331 g/mol. The van der Waals surface area contributed by atoms with Crippen LogP contribution in [0.1, 0.15) is 18.1 Å². The molecule has 0 aliphatic heterocycles. The second kappa shape index (κ2) is 7.08. The predicted octanol–water partition coefficient (Wildman–Crippen LogP) is 2.60. The Bertz CT molecular complexity index is 489. The van der Waals surface area contributed by atoms with Crippen molar-refractivity contribution in [2.75, 3.05) is 13.7 Å². The summed E-state index contributed by atoms with van der Waals surface area (Å²) in [5.41, 5.74) is 1.20. The number of alkyl halides is 1. The maximum absolute atomic E-state index is 11.5. The molecule has 0 saturated carbocycles. The van der Waals surface area contributed by atoms with E-state index in [0.717, 1.165) is 0 Å². The molecule has 0 aliphatic carbocycles. The Hall–Kier alpha value is -1.63. The third kappa shape index (κ3) is 3.92. The molecule has 0 heterocycles. The van der Waals surface area contributed by atoms with Crippen LogP contribution in [0.2, 0.25) is 0 Å². The minimum absolute atomic E-state index is 0.0587. The summed E-state index contributed by atoms with van der Waals surface area (Å²) in [5, 5.41) is 11.3. The summed E-state index contributed by atoms with van der Waals surface area (Å²) in [5.74, 6) is -0.241. The number of benzene rings is 1. The predicted molar refractivity (Wildman–Crippen MR) is 72.6 cm³/mol. The van der Waals surface area contributed by atoms with Gasteiger partial charge in [0.25, 0.3) is 0 Å². The van der Waals surface area contributed by atoms with Crippen LogP contribution < -0.4 is 4.74 Å². The molecule has 0 unspecified atom stereocenters. The van der Waals surface area contributed by atoms with Gasteiger partial charge in [0.05, 0.1) is 25.1 Å². The van der Waals surface area contributed by atoms with Crippen LogP contribution >= 0.6 is 15.9 Å². The second-order valence-corrected chi connectivity index (χ2v) is 4.23. The molecule has 0 aromatic heterocycles. The fourth-order valence-corrected chi connectivity index (χ4v) is 2.14. The van der Waals surface area contributed by atoms with Gasteiger partial charge >= 0.3 is 11.7 Å². The van der Waals surface area contributed by atoms with E-state index >= 15 is 0 Å². The van der Waals surface area contributed by atoms with Crippen molar-refractivity contribution < 1.29 is 19.2 Å². The molecule has 104 valence electrons. The second-order valence-electron chi connectivity index (χ2n) is 3.67. The molecule has 1 aromatic rings. The number of nitro benzene ring substituents is 1. The molecular formula is C12H14BrNO5. The van der Waals surface area contributed by atoms with E-state index in [2.05, 4.69) is 15.9 Å². The zero-order chi connectivity index (χ0) is 14.4. The van der Waals surface area contributed by atoms with Gasteiger partial charge in [0, 0.05) is 11.4 Å². The van der Waals surface area contributed by atoms with E-state index in [9.17, 15) is 14.9 Å². The highest BCUT2D eigenvalue weighted by molar-refractivity contribution is 9.08. The third-order valence-corrected chi connectivity index (χ3v) is 3.09. The van der Waals surface area contributed by atoms with Gasteiger partial charge in [0.1, 0.15) is 0 Å². The van der Waals surface area contributed by atoms with Crippen molar-refractivity contribution in [3.05, 3.63) is 33.4 Å². The number of halogens is 1. The molecule has 0 radical (unpaired) electrons. The Balaban J connectivity index is 3.16. The van der Waals surface area contributed by atoms with Crippen LogP contribution in [-0.4, -0.2) is 24.6 Å². The molecule has 0 amide bonds. The highest BCUT2D eigenvalue weighted by Gasteiger charge is 2.20. The molecule has 7 heteroatoms. The maximum Gasteiger partial charge on any atom is 0.311 e. The van der Waals surface area contributed by atoms with Crippen molar-refractivity contribution >= 4 is 27.6 Å². The van der Waals surface area contributed by atoms with Gasteiger partial charge in [0.15, 0.2) is 5.75 Å². The summed E-state index contributed by atoms with van der Waals surface area (Å²) in [6.45, 7) is 2.02. The quantitative estimate of drug-likeness (QED) is 0.346. The van der Waals surface area contributed by atoms with Crippen molar-refractivity contribution in [3.8, 4) is 5.75 Å². The zero-order valence-corrected chi connectivity index (χ0v) is 12.2. The highest BCUT2D eigenvalue weighted by atomic mass is 79.9. The number of methoxy groups -OCH3 is 1. The smallest absolute Gasteiger partial charge is 0.311 e. The SMILES string of the molecule is CCOC(=O)Cc1cc(OC)c([N+](=O)[O-])cc1CBr. The molecule has 1 rings (SSSR count). The lowest BCUT2D eigenvalue weighted by Crippen LogP contribution is -2.09. The summed E-state index contributed by atoms with van der Waals surface area (Å²) >= 11 is 3.25. The average molecular weight is 332 g/mol. The molecule has 0 bridgehead atoms. The van der Waals surface area contributed by atoms with Crippen LogP contribution in [-0.2, 0) is 21.3 Å². The Labute approximate surface area is 119 Å². The van der Waals surface area contributed by atoms with E-state index in [0.29, 0.717) is 23.1 Å². The van der Waals surface area contributed by atoms with E-state index in [4.69, 9.17) is 9.47 Å². The van der Waals surface area contributed by atoms with Gasteiger partial charge in [-0.3, -0.25) is 14.9 Å². The molecule has 19 heavy (non-hydrogen) atoms. The van der Waals surface area contributed by atoms with E-state index in [1.54, 1.807) is 6.92 Å². The topological polar surface area (TPSA) is 78.7 Å². The Kier molecular flexibility index (Phi) is 5.75. The van der Waals surface area contributed by atoms with E-state index in [1.807, 2.05) is 0 Å². The zero-order valence-electron chi connectivity index (χ0n) is 10.6. The van der Waals surface area contributed by atoms with Gasteiger partial charge in [-0.1, -0.05) is 15.9 Å². The lowest BCUT2D eigenvalue weighted by atomic mass is 10.0. The molecule has 6 nitrogen and oxygen atoms in total. The van der Waals surface area contributed by atoms with Crippen molar-refractivity contribution in [1.29, 1.82) is 0 Å². The minimum Gasteiger partial charge on any atom is -0.490 e. The van der Waals surface area contributed by atoms with E-state index in [-0.39, 0.29) is 23.8 Å². The number of hydrogen-bond acceptors (Lipinski definition) is 5. The molecule has 0 fully saturated rings. The summed E-state index contributed by atoms with van der Waals surface area (Å²) < 4.78 is 9.85. The minimum atomic E-state index is -0.515. The summed E-state index contributed by atoms with van der Waals surface area (Å²) in [6.07, 6.45) is 0.0587.